The molecule has 0 aliphatic heterocycles. The predicted molar refractivity (Wildman–Crippen MR) is 159 cm³/mol. The highest BCUT2D eigenvalue weighted by atomic mass is 16.3. The van der Waals surface area contributed by atoms with Crippen molar-refractivity contribution in [2.24, 2.45) is 46.3 Å². The maximum atomic E-state index is 11.1. The second kappa shape index (κ2) is 10.9. The average molecular weight is 535 g/mol. The van der Waals surface area contributed by atoms with Gasteiger partial charge in [0.25, 0.3) is 0 Å². The Morgan fingerprint density at radius 3 is 2.26 bits per heavy atom. The summed E-state index contributed by atoms with van der Waals surface area (Å²) in [6.07, 6.45) is 25.8. The van der Waals surface area contributed by atoms with E-state index in [1.54, 1.807) is 5.57 Å². The normalized spacial score (nSPS) is 46.2. The molecule has 7 atom stereocenters. The van der Waals surface area contributed by atoms with E-state index in [4.69, 9.17) is 0 Å². The standard InChI is InChI=1S/C36H54O3/c1-23(6-4-8-30(37)22-36-19-26-14-27(20-36)16-28(15-26)21-36)31-11-12-32-29(7-5-13-35(31,32)3)10-9-25-17-33(38)24(2)34(39)18-25/h4,6,9-10,23,26-28,30-34,37-39H,2,5,7-8,11-22H2,1,3H3/b6-4+,29-10+/t23-,26?,27?,28?,30-,31+,32-,33+,34+,35+,36?/m0/s1. The van der Waals surface area contributed by atoms with Gasteiger partial charge in [-0.3, -0.25) is 0 Å². The smallest absolute Gasteiger partial charge is 0.0809 e. The van der Waals surface area contributed by atoms with Crippen LogP contribution in [0.3, 0.4) is 0 Å². The Kier molecular flexibility index (Phi) is 7.83. The Hall–Kier alpha value is -1.16. The molecule has 3 N–H and O–H groups in total. The topological polar surface area (TPSA) is 60.7 Å². The molecule has 216 valence electrons. The third-order valence-corrected chi connectivity index (χ3v) is 12.7. The minimum absolute atomic E-state index is 0.178. The Balaban J connectivity index is 1.05. The minimum Gasteiger partial charge on any atom is -0.393 e. The van der Waals surface area contributed by atoms with Gasteiger partial charge in [-0.1, -0.05) is 55.9 Å². The van der Waals surface area contributed by atoms with Crippen molar-refractivity contribution in [2.75, 3.05) is 0 Å². The van der Waals surface area contributed by atoms with E-state index in [0.29, 0.717) is 47.0 Å². The lowest BCUT2D eigenvalue weighted by Crippen LogP contribution is -2.47. The summed E-state index contributed by atoms with van der Waals surface area (Å²) in [5.41, 5.74) is 4.08. The summed E-state index contributed by atoms with van der Waals surface area (Å²) in [7, 11) is 0. The van der Waals surface area contributed by atoms with Gasteiger partial charge in [0.05, 0.1) is 18.3 Å². The zero-order valence-corrected chi connectivity index (χ0v) is 24.7. The molecule has 3 nitrogen and oxygen atoms in total. The number of aliphatic hydroxyl groups excluding tert-OH is 3. The molecule has 7 aliphatic rings. The van der Waals surface area contributed by atoms with Gasteiger partial charge in [-0.25, -0.2) is 0 Å². The van der Waals surface area contributed by atoms with Crippen LogP contribution in [0.4, 0.5) is 0 Å². The van der Waals surface area contributed by atoms with Crippen molar-refractivity contribution in [3.63, 3.8) is 0 Å². The van der Waals surface area contributed by atoms with Gasteiger partial charge in [0, 0.05) is 0 Å². The third kappa shape index (κ3) is 5.54. The van der Waals surface area contributed by atoms with E-state index in [1.165, 1.54) is 70.6 Å². The highest BCUT2D eigenvalue weighted by Crippen LogP contribution is 2.62. The van der Waals surface area contributed by atoms with Crippen molar-refractivity contribution < 1.29 is 15.3 Å². The maximum Gasteiger partial charge on any atom is 0.0809 e. The maximum absolute atomic E-state index is 11.1. The van der Waals surface area contributed by atoms with Crippen LogP contribution in [-0.4, -0.2) is 33.6 Å². The summed E-state index contributed by atoms with van der Waals surface area (Å²) in [4.78, 5) is 0. The molecule has 0 aromatic heterocycles. The summed E-state index contributed by atoms with van der Waals surface area (Å²) in [6.45, 7) is 8.81. The van der Waals surface area contributed by atoms with E-state index in [2.05, 4.69) is 44.7 Å². The monoisotopic (exact) mass is 534 g/mol. The predicted octanol–water partition coefficient (Wildman–Crippen LogP) is 7.68. The van der Waals surface area contributed by atoms with Gasteiger partial charge >= 0.3 is 0 Å². The van der Waals surface area contributed by atoms with Crippen molar-refractivity contribution in [3.05, 3.63) is 47.6 Å². The van der Waals surface area contributed by atoms with Crippen molar-refractivity contribution in [3.8, 4) is 0 Å². The van der Waals surface area contributed by atoms with Crippen molar-refractivity contribution in [2.45, 2.75) is 128 Å². The highest BCUT2D eigenvalue weighted by molar-refractivity contribution is 5.29. The molecule has 0 radical (unpaired) electrons. The van der Waals surface area contributed by atoms with Gasteiger partial charge in [-0.2, -0.15) is 0 Å². The van der Waals surface area contributed by atoms with E-state index < -0.39 is 12.2 Å². The molecule has 0 unspecified atom stereocenters. The largest absolute Gasteiger partial charge is 0.393 e. The summed E-state index contributed by atoms with van der Waals surface area (Å²) < 4.78 is 0. The first kappa shape index (κ1) is 28.0. The van der Waals surface area contributed by atoms with Crippen LogP contribution in [0.25, 0.3) is 0 Å². The van der Waals surface area contributed by atoms with Gasteiger partial charge in [0.1, 0.15) is 0 Å². The summed E-state index contributed by atoms with van der Waals surface area (Å²) in [6, 6.07) is 0. The van der Waals surface area contributed by atoms with Gasteiger partial charge in [0.15, 0.2) is 0 Å². The molecule has 0 aromatic carbocycles. The molecule has 0 aromatic rings. The Bertz CT molecular complexity index is 967. The Labute approximate surface area is 237 Å². The second-order valence-corrected chi connectivity index (χ2v) is 15.5. The van der Waals surface area contributed by atoms with Crippen LogP contribution in [0.2, 0.25) is 0 Å². The zero-order chi connectivity index (χ0) is 27.4. The van der Waals surface area contributed by atoms with Gasteiger partial charge in [-0.15, -0.1) is 0 Å². The molecule has 3 heteroatoms. The second-order valence-electron chi connectivity index (χ2n) is 15.5. The number of allylic oxidation sites excluding steroid dienone is 4. The molecule has 7 fully saturated rings. The molecule has 0 amide bonds. The van der Waals surface area contributed by atoms with E-state index in [-0.39, 0.29) is 6.10 Å². The number of aliphatic hydroxyl groups is 3. The Morgan fingerprint density at radius 1 is 0.974 bits per heavy atom. The van der Waals surface area contributed by atoms with Crippen molar-refractivity contribution in [1.29, 1.82) is 0 Å². The SMILES string of the molecule is C=C1[C@H](O)CC(=C/C=C2\CCC[C@]3(C)[C@@H]([C@@H](C)/C=C/C[C@H](O)CC45CC6CC(CC(C6)C4)C5)CC[C@@H]23)C[C@H]1O. The van der Waals surface area contributed by atoms with Gasteiger partial charge in [-0.05, 0) is 148 Å². The molecular weight excluding hydrogens is 480 g/mol. The van der Waals surface area contributed by atoms with Crippen LogP contribution < -0.4 is 0 Å². The summed E-state index contributed by atoms with van der Waals surface area (Å²) in [5.74, 6) is 4.75. The van der Waals surface area contributed by atoms with Crippen LogP contribution in [0.15, 0.2) is 47.6 Å². The lowest BCUT2D eigenvalue weighted by molar-refractivity contribution is -0.0753. The number of fused-ring (bicyclic) bond motifs is 1. The van der Waals surface area contributed by atoms with Crippen LogP contribution in [-0.2, 0) is 0 Å². The quantitative estimate of drug-likeness (QED) is 0.294. The van der Waals surface area contributed by atoms with Crippen LogP contribution >= 0.6 is 0 Å². The van der Waals surface area contributed by atoms with E-state index >= 15 is 0 Å². The fourth-order valence-corrected chi connectivity index (χ4v) is 11.3. The fourth-order valence-electron chi connectivity index (χ4n) is 11.3. The molecular formula is C36H54O3. The van der Waals surface area contributed by atoms with Gasteiger partial charge in [0.2, 0.25) is 0 Å². The van der Waals surface area contributed by atoms with Crippen LogP contribution in [0.5, 0.6) is 0 Å². The summed E-state index contributed by atoms with van der Waals surface area (Å²) in [5, 5.41) is 31.5. The van der Waals surface area contributed by atoms with Crippen molar-refractivity contribution in [1.82, 2.24) is 0 Å². The van der Waals surface area contributed by atoms with E-state index in [9.17, 15) is 15.3 Å². The zero-order valence-electron chi connectivity index (χ0n) is 24.7. The molecule has 7 saturated carbocycles. The van der Waals surface area contributed by atoms with Crippen LogP contribution in [0.1, 0.15) is 110 Å². The van der Waals surface area contributed by atoms with E-state index in [1.807, 2.05) is 0 Å². The fraction of sp³-hybridized carbons (Fsp3) is 0.778. The first-order valence-electron chi connectivity index (χ1n) is 16.4. The molecule has 7 aliphatic carbocycles. The lowest BCUT2D eigenvalue weighted by atomic mass is 9.48. The van der Waals surface area contributed by atoms with Crippen LogP contribution in [0, 0.1) is 46.3 Å². The molecule has 7 rings (SSSR count). The Morgan fingerprint density at radius 2 is 1.62 bits per heavy atom. The third-order valence-electron chi connectivity index (χ3n) is 12.7. The first-order chi connectivity index (χ1) is 18.6. The van der Waals surface area contributed by atoms with Crippen molar-refractivity contribution >= 4 is 0 Å². The number of hydrogen-bond donors (Lipinski definition) is 3. The first-order valence-corrected chi connectivity index (χ1v) is 16.4. The lowest BCUT2D eigenvalue weighted by Gasteiger charge is -2.57. The molecule has 0 heterocycles. The molecule has 4 bridgehead atoms. The van der Waals surface area contributed by atoms with E-state index in [0.717, 1.165) is 36.2 Å². The summed E-state index contributed by atoms with van der Waals surface area (Å²) >= 11 is 0. The number of hydrogen-bond acceptors (Lipinski definition) is 3. The molecule has 0 saturated heterocycles. The average Bonchev–Trinajstić information content (AvgIpc) is 3.22. The minimum atomic E-state index is -0.621. The van der Waals surface area contributed by atoms with Gasteiger partial charge < -0.3 is 15.3 Å². The number of rotatable bonds is 7. The molecule has 39 heavy (non-hydrogen) atoms. The highest BCUT2D eigenvalue weighted by Gasteiger charge is 2.52. The molecule has 0 spiro atoms.